The topological polar surface area (TPSA) is 63.4 Å². The van der Waals surface area contributed by atoms with E-state index in [1.807, 2.05) is 6.92 Å². The lowest BCUT2D eigenvalue weighted by molar-refractivity contribution is 0.217. The van der Waals surface area contributed by atoms with Gasteiger partial charge in [-0.3, -0.25) is 0 Å². The summed E-state index contributed by atoms with van der Waals surface area (Å²) in [6, 6.07) is 1.38. The number of piperidine rings is 1. The molecule has 1 aliphatic heterocycles. The van der Waals surface area contributed by atoms with E-state index >= 15 is 0 Å². The highest BCUT2D eigenvalue weighted by Gasteiger charge is 2.37. The van der Waals surface area contributed by atoms with E-state index in [0.717, 1.165) is 18.6 Å². The summed E-state index contributed by atoms with van der Waals surface area (Å²) in [7, 11) is -4.19. The molecule has 112 valence electrons. The zero-order valence-corrected chi connectivity index (χ0v) is 12.3. The van der Waals surface area contributed by atoms with Gasteiger partial charge in [0.05, 0.1) is 0 Å². The summed E-state index contributed by atoms with van der Waals surface area (Å²) in [5.74, 6) is -2.12. The van der Waals surface area contributed by atoms with Crippen LogP contribution in [0.3, 0.4) is 0 Å². The van der Waals surface area contributed by atoms with Crippen LogP contribution in [0, 0.1) is 17.6 Å². The Morgan fingerprint density at radius 1 is 1.20 bits per heavy atom. The molecule has 1 aliphatic rings. The third kappa shape index (κ3) is 2.64. The van der Waals surface area contributed by atoms with Crippen LogP contribution in [0.4, 0.5) is 14.5 Å². The minimum absolute atomic E-state index is 0.140. The smallest absolute Gasteiger partial charge is 0.249 e. The first-order chi connectivity index (χ1) is 9.23. The normalized spacial score (nSPS) is 24.8. The summed E-state index contributed by atoms with van der Waals surface area (Å²) in [5.41, 5.74) is 5.17. The predicted molar refractivity (Wildman–Crippen MR) is 72.5 cm³/mol. The maximum Gasteiger partial charge on any atom is 0.249 e. The number of nitrogens with zero attached hydrogens (tertiary/aromatic N) is 1. The summed E-state index contributed by atoms with van der Waals surface area (Å²) in [5, 5.41) is 0. The van der Waals surface area contributed by atoms with Crippen molar-refractivity contribution in [2.24, 2.45) is 5.92 Å². The van der Waals surface area contributed by atoms with Crippen molar-refractivity contribution < 1.29 is 17.2 Å². The van der Waals surface area contributed by atoms with E-state index in [4.69, 9.17) is 5.73 Å². The predicted octanol–water partition coefficient (Wildman–Crippen LogP) is 2.36. The first-order valence-electron chi connectivity index (χ1n) is 6.50. The van der Waals surface area contributed by atoms with Crippen molar-refractivity contribution in [3.8, 4) is 0 Å². The molecule has 0 bridgehead atoms. The van der Waals surface area contributed by atoms with Gasteiger partial charge in [-0.25, -0.2) is 17.2 Å². The van der Waals surface area contributed by atoms with Crippen LogP contribution in [-0.2, 0) is 10.0 Å². The SMILES string of the molecule is CC1CCC(C)N(S(=O)(=O)c2c(F)cc(N)cc2F)C1. The Morgan fingerprint density at radius 3 is 2.30 bits per heavy atom. The average molecular weight is 304 g/mol. The number of hydrogen-bond acceptors (Lipinski definition) is 3. The lowest BCUT2D eigenvalue weighted by Gasteiger charge is -2.35. The minimum atomic E-state index is -4.19. The average Bonchev–Trinajstić information content (AvgIpc) is 2.30. The Morgan fingerprint density at radius 2 is 1.75 bits per heavy atom. The molecule has 0 saturated carbocycles. The fourth-order valence-corrected chi connectivity index (χ4v) is 4.40. The fraction of sp³-hybridized carbons (Fsp3) is 0.538. The third-order valence-corrected chi connectivity index (χ3v) is 5.68. The lowest BCUT2D eigenvalue weighted by Crippen LogP contribution is -2.45. The highest BCUT2D eigenvalue weighted by atomic mass is 32.2. The van der Waals surface area contributed by atoms with Crippen LogP contribution in [0.5, 0.6) is 0 Å². The molecule has 2 atom stereocenters. The maximum absolute atomic E-state index is 13.9. The van der Waals surface area contributed by atoms with Gasteiger partial charge < -0.3 is 5.73 Å². The Labute approximate surface area is 117 Å². The van der Waals surface area contributed by atoms with Gasteiger partial charge in [0.1, 0.15) is 11.6 Å². The summed E-state index contributed by atoms with van der Waals surface area (Å²) in [6.07, 6.45) is 1.58. The Balaban J connectivity index is 2.50. The monoisotopic (exact) mass is 304 g/mol. The molecule has 1 heterocycles. The second-order valence-corrected chi connectivity index (χ2v) is 7.25. The molecule has 0 amide bonds. The number of halogens is 2. The van der Waals surface area contributed by atoms with Crippen molar-refractivity contribution in [2.45, 2.75) is 37.6 Å². The zero-order chi connectivity index (χ0) is 15.1. The number of nitrogen functional groups attached to an aromatic ring is 1. The van der Waals surface area contributed by atoms with Gasteiger partial charge in [0, 0.05) is 18.3 Å². The van der Waals surface area contributed by atoms with E-state index in [1.54, 1.807) is 6.92 Å². The van der Waals surface area contributed by atoms with Crippen molar-refractivity contribution in [3.63, 3.8) is 0 Å². The van der Waals surface area contributed by atoms with Crippen molar-refractivity contribution in [2.75, 3.05) is 12.3 Å². The number of hydrogen-bond donors (Lipinski definition) is 1. The molecule has 2 N–H and O–H groups in total. The van der Waals surface area contributed by atoms with Crippen LogP contribution in [0.2, 0.25) is 0 Å². The molecular formula is C13H18F2N2O2S. The van der Waals surface area contributed by atoms with Gasteiger partial charge in [0.2, 0.25) is 10.0 Å². The molecule has 1 aromatic carbocycles. The number of nitrogens with two attached hydrogens (primary N) is 1. The van der Waals surface area contributed by atoms with E-state index < -0.39 is 26.6 Å². The standard InChI is InChI=1S/C13H18F2N2O2S/c1-8-3-4-9(2)17(7-8)20(18,19)13-11(14)5-10(16)6-12(13)15/h5-6,8-9H,3-4,7,16H2,1-2H3. The molecule has 0 aromatic heterocycles. The molecule has 4 nitrogen and oxygen atoms in total. The van der Waals surface area contributed by atoms with Crippen LogP contribution in [-0.4, -0.2) is 25.3 Å². The second kappa shape index (κ2) is 5.29. The number of benzene rings is 1. The quantitative estimate of drug-likeness (QED) is 0.853. The summed E-state index contributed by atoms with van der Waals surface area (Å²) in [4.78, 5) is -0.910. The molecular weight excluding hydrogens is 286 g/mol. The maximum atomic E-state index is 13.9. The van der Waals surface area contributed by atoms with Crippen LogP contribution < -0.4 is 5.73 Å². The highest BCUT2D eigenvalue weighted by molar-refractivity contribution is 7.89. The van der Waals surface area contributed by atoms with Crippen LogP contribution in [0.1, 0.15) is 26.7 Å². The van der Waals surface area contributed by atoms with Gasteiger partial charge in [-0.1, -0.05) is 6.92 Å². The van der Waals surface area contributed by atoms with Gasteiger partial charge in [0.25, 0.3) is 0 Å². The van der Waals surface area contributed by atoms with Crippen molar-refractivity contribution in [1.82, 2.24) is 4.31 Å². The third-order valence-electron chi connectivity index (χ3n) is 3.65. The molecule has 2 rings (SSSR count). The summed E-state index contributed by atoms with van der Waals surface area (Å²) >= 11 is 0. The molecule has 1 aromatic rings. The van der Waals surface area contributed by atoms with Gasteiger partial charge in [-0.2, -0.15) is 4.31 Å². The van der Waals surface area contributed by atoms with Crippen molar-refractivity contribution in [3.05, 3.63) is 23.8 Å². The second-order valence-electron chi connectivity index (χ2n) is 5.42. The first-order valence-corrected chi connectivity index (χ1v) is 7.94. The van der Waals surface area contributed by atoms with Gasteiger partial charge in [0.15, 0.2) is 4.90 Å². The molecule has 2 unspecified atom stereocenters. The van der Waals surface area contributed by atoms with E-state index in [9.17, 15) is 17.2 Å². The fourth-order valence-electron chi connectivity index (χ4n) is 2.53. The first kappa shape index (κ1) is 15.2. The molecule has 1 fully saturated rings. The Bertz CT molecular complexity index is 596. The Hall–Kier alpha value is -1.21. The van der Waals surface area contributed by atoms with E-state index in [0.29, 0.717) is 6.42 Å². The summed E-state index contributed by atoms with van der Waals surface area (Å²) < 4.78 is 53.9. The molecule has 0 aliphatic carbocycles. The molecule has 0 radical (unpaired) electrons. The number of anilines is 1. The summed E-state index contributed by atoms with van der Waals surface area (Å²) in [6.45, 7) is 3.94. The molecule has 1 saturated heterocycles. The largest absolute Gasteiger partial charge is 0.399 e. The van der Waals surface area contributed by atoms with Crippen LogP contribution >= 0.6 is 0 Å². The number of rotatable bonds is 2. The van der Waals surface area contributed by atoms with Crippen molar-refractivity contribution in [1.29, 1.82) is 0 Å². The van der Waals surface area contributed by atoms with Crippen LogP contribution in [0.15, 0.2) is 17.0 Å². The lowest BCUT2D eigenvalue weighted by atomic mass is 9.97. The van der Waals surface area contributed by atoms with E-state index in [-0.39, 0.29) is 24.2 Å². The molecule has 0 spiro atoms. The molecule has 20 heavy (non-hydrogen) atoms. The van der Waals surface area contributed by atoms with Gasteiger partial charge >= 0.3 is 0 Å². The highest BCUT2D eigenvalue weighted by Crippen LogP contribution is 2.31. The number of sulfonamides is 1. The Kier molecular flexibility index (Phi) is 4.02. The minimum Gasteiger partial charge on any atom is -0.399 e. The van der Waals surface area contributed by atoms with E-state index in [1.165, 1.54) is 4.31 Å². The molecule has 7 heteroatoms. The van der Waals surface area contributed by atoms with E-state index in [2.05, 4.69) is 0 Å². The van der Waals surface area contributed by atoms with Crippen molar-refractivity contribution >= 4 is 15.7 Å². The van der Waals surface area contributed by atoms with Gasteiger partial charge in [-0.05, 0) is 37.8 Å². The van der Waals surface area contributed by atoms with Gasteiger partial charge in [-0.15, -0.1) is 0 Å². The van der Waals surface area contributed by atoms with Crippen LogP contribution in [0.25, 0.3) is 0 Å². The zero-order valence-electron chi connectivity index (χ0n) is 11.4.